The van der Waals surface area contributed by atoms with Gasteiger partial charge in [-0.2, -0.15) is 15.0 Å². The molecule has 0 aliphatic carbocycles. The number of hydrogen-bond acceptors (Lipinski definition) is 6. The van der Waals surface area contributed by atoms with Gasteiger partial charge in [-0.15, -0.1) is 0 Å². The van der Waals surface area contributed by atoms with Crippen molar-refractivity contribution in [2.24, 2.45) is 0 Å². The number of benzene rings is 2. The van der Waals surface area contributed by atoms with Crippen molar-refractivity contribution in [2.45, 2.75) is 16.7 Å². The molecule has 0 bridgehead atoms. The molecule has 0 unspecified atom stereocenters. The number of rotatable bonds is 4. The summed E-state index contributed by atoms with van der Waals surface area (Å²) in [6.45, 7) is 1.75. The van der Waals surface area contributed by atoms with Crippen molar-refractivity contribution in [3.8, 4) is 28.9 Å². The van der Waals surface area contributed by atoms with E-state index in [9.17, 15) is 13.5 Å². The molecule has 0 aliphatic rings. The van der Waals surface area contributed by atoms with Gasteiger partial charge in [-0.1, -0.05) is 30.3 Å². The van der Waals surface area contributed by atoms with Crippen LogP contribution >= 0.6 is 0 Å². The maximum Gasteiger partial charge on any atom is 0.223 e. The van der Waals surface area contributed by atoms with Gasteiger partial charge >= 0.3 is 0 Å². The molecule has 8 heteroatoms. The van der Waals surface area contributed by atoms with Crippen molar-refractivity contribution < 1.29 is 13.5 Å². The predicted octanol–water partition coefficient (Wildman–Crippen LogP) is 3.65. The fraction of sp³-hybridized carbons (Fsp3) is 0.0455. The summed E-state index contributed by atoms with van der Waals surface area (Å²) in [5, 5.41) is 24.0. The van der Waals surface area contributed by atoms with Crippen LogP contribution in [0.5, 0.6) is 5.88 Å². The van der Waals surface area contributed by atoms with E-state index >= 15 is 0 Å². The van der Waals surface area contributed by atoms with E-state index in [1.807, 2.05) is 0 Å². The minimum atomic E-state index is -3.68. The highest BCUT2D eigenvalue weighted by molar-refractivity contribution is 7.91. The van der Waals surface area contributed by atoms with Gasteiger partial charge < -0.3 is 5.11 Å². The lowest BCUT2D eigenvalue weighted by molar-refractivity contribution is 0.433. The normalized spacial score (nSPS) is 11.2. The minimum absolute atomic E-state index is 0.0492. The Bertz CT molecular complexity index is 1350. The van der Waals surface area contributed by atoms with Gasteiger partial charge in [0.1, 0.15) is 0 Å². The van der Waals surface area contributed by atoms with Gasteiger partial charge in [-0.3, -0.25) is 0 Å². The Balaban J connectivity index is 1.71. The van der Waals surface area contributed by atoms with Crippen LogP contribution in [-0.2, 0) is 9.84 Å². The monoisotopic (exact) mass is 416 g/mol. The zero-order chi connectivity index (χ0) is 21.3. The van der Waals surface area contributed by atoms with Gasteiger partial charge in [-0.05, 0) is 48.9 Å². The van der Waals surface area contributed by atoms with Gasteiger partial charge in [0.15, 0.2) is 5.82 Å². The van der Waals surface area contributed by atoms with E-state index in [1.165, 1.54) is 35.1 Å². The van der Waals surface area contributed by atoms with Gasteiger partial charge in [0.25, 0.3) is 0 Å². The Morgan fingerprint density at radius 2 is 1.67 bits per heavy atom. The Labute approximate surface area is 173 Å². The number of aromatic hydroxyl groups is 1. The number of pyridine rings is 1. The average Bonchev–Trinajstić information content (AvgIpc) is 3.08. The van der Waals surface area contributed by atoms with Crippen LogP contribution in [0.15, 0.2) is 82.7 Å². The van der Waals surface area contributed by atoms with E-state index < -0.39 is 9.84 Å². The molecule has 2 heterocycles. The summed E-state index contributed by atoms with van der Waals surface area (Å²) in [7, 11) is -3.68. The third-order valence-corrected chi connectivity index (χ3v) is 6.40. The number of hydrogen-bond donors (Lipinski definition) is 1. The first-order valence-electron chi connectivity index (χ1n) is 8.97. The summed E-state index contributed by atoms with van der Waals surface area (Å²) in [5.41, 5.74) is 2.31. The van der Waals surface area contributed by atoms with Gasteiger partial charge in [0, 0.05) is 6.20 Å². The molecular weight excluding hydrogens is 400 g/mol. The largest absolute Gasteiger partial charge is 0.493 e. The van der Waals surface area contributed by atoms with Crippen molar-refractivity contribution in [1.29, 1.82) is 5.26 Å². The second kappa shape index (κ2) is 7.46. The highest BCUT2D eigenvalue weighted by atomic mass is 32.2. The Morgan fingerprint density at radius 1 is 0.967 bits per heavy atom. The molecule has 4 aromatic rings. The topological polar surface area (TPSA) is 109 Å². The average molecular weight is 416 g/mol. The summed E-state index contributed by atoms with van der Waals surface area (Å²) >= 11 is 0. The molecule has 0 saturated heterocycles. The second-order valence-corrected chi connectivity index (χ2v) is 8.50. The van der Waals surface area contributed by atoms with Gasteiger partial charge in [-0.25, -0.2) is 13.4 Å². The van der Waals surface area contributed by atoms with Crippen LogP contribution < -0.4 is 0 Å². The number of sulfone groups is 1. The first-order chi connectivity index (χ1) is 14.4. The van der Waals surface area contributed by atoms with Crippen molar-refractivity contribution in [2.75, 3.05) is 0 Å². The quantitative estimate of drug-likeness (QED) is 0.544. The minimum Gasteiger partial charge on any atom is -0.493 e. The molecule has 0 spiro atoms. The first-order valence-corrected chi connectivity index (χ1v) is 10.5. The molecule has 0 atom stereocenters. The number of nitriles is 1. The Hall–Kier alpha value is -3.96. The lowest BCUT2D eigenvalue weighted by atomic mass is 10.0. The molecular formula is C22H16N4O3S. The van der Waals surface area contributed by atoms with Crippen LogP contribution in [0.1, 0.15) is 11.3 Å². The second-order valence-electron chi connectivity index (χ2n) is 6.55. The molecule has 4 rings (SSSR count). The van der Waals surface area contributed by atoms with Crippen LogP contribution in [0.25, 0.3) is 16.9 Å². The molecule has 0 amide bonds. The molecule has 2 aromatic carbocycles. The lowest BCUT2D eigenvalue weighted by Gasteiger charge is -2.06. The van der Waals surface area contributed by atoms with E-state index in [0.717, 1.165) is 0 Å². The van der Waals surface area contributed by atoms with Crippen LogP contribution in [0.2, 0.25) is 0 Å². The molecule has 2 aromatic heterocycles. The summed E-state index contributed by atoms with van der Waals surface area (Å²) in [6.07, 6.45) is 1.25. The van der Waals surface area contributed by atoms with E-state index in [2.05, 4.69) is 16.2 Å². The highest BCUT2D eigenvalue weighted by Gasteiger charge is 2.20. The van der Waals surface area contributed by atoms with Gasteiger partial charge in [0.2, 0.25) is 15.7 Å². The Kier molecular flexibility index (Phi) is 4.82. The fourth-order valence-corrected chi connectivity index (χ4v) is 4.34. The summed E-state index contributed by atoms with van der Waals surface area (Å²) in [5.74, 6) is 0.158. The number of aromatic nitrogens is 3. The molecule has 0 aliphatic heterocycles. The van der Waals surface area contributed by atoms with Crippen molar-refractivity contribution >= 4 is 9.84 Å². The fourth-order valence-electron chi connectivity index (χ4n) is 3.12. The molecule has 0 fully saturated rings. The molecule has 30 heavy (non-hydrogen) atoms. The van der Waals surface area contributed by atoms with Crippen molar-refractivity contribution in [3.05, 3.63) is 84.2 Å². The smallest absolute Gasteiger partial charge is 0.223 e. The van der Waals surface area contributed by atoms with Crippen LogP contribution in [-0.4, -0.2) is 28.3 Å². The van der Waals surface area contributed by atoms with Crippen molar-refractivity contribution in [3.63, 3.8) is 0 Å². The summed E-state index contributed by atoms with van der Waals surface area (Å²) < 4.78 is 26.7. The third-order valence-electron chi connectivity index (χ3n) is 4.64. The molecule has 148 valence electrons. The SMILES string of the molecule is Cc1nn(-c2ccc(S(=O)(=O)c3ccccc3)cn2)c(O)c1-c1ccc(C#N)cc1. The predicted molar refractivity (Wildman–Crippen MR) is 110 cm³/mol. The first kappa shape index (κ1) is 19.4. The Morgan fingerprint density at radius 3 is 2.27 bits per heavy atom. The van der Waals surface area contributed by atoms with Crippen LogP contribution in [0, 0.1) is 18.3 Å². The molecule has 1 N–H and O–H groups in total. The van der Waals surface area contributed by atoms with E-state index in [1.54, 1.807) is 49.4 Å². The highest BCUT2D eigenvalue weighted by Crippen LogP contribution is 2.34. The lowest BCUT2D eigenvalue weighted by Crippen LogP contribution is -2.05. The maximum absolute atomic E-state index is 12.7. The molecule has 0 radical (unpaired) electrons. The van der Waals surface area contributed by atoms with Crippen molar-refractivity contribution in [1.82, 2.24) is 14.8 Å². The molecule has 0 saturated carbocycles. The number of nitrogens with zero attached hydrogens (tertiary/aromatic N) is 4. The van der Waals surface area contributed by atoms with Crippen LogP contribution in [0.3, 0.4) is 0 Å². The third kappa shape index (κ3) is 3.32. The standard InChI is InChI=1S/C22H16N4O3S/c1-15-21(17-9-7-16(13-23)8-10-17)22(27)26(25-15)20-12-11-19(14-24-20)30(28,29)18-5-3-2-4-6-18/h2-12,14,27H,1H3. The van der Waals surface area contributed by atoms with E-state index in [0.29, 0.717) is 22.4 Å². The van der Waals surface area contributed by atoms with E-state index in [-0.39, 0.29) is 21.5 Å². The van der Waals surface area contributed by atoms with Gasteiger partial charge in [0.05, 0.1) is 32.7 Å². The zero-order valence-corrected chi connectivity index (χ0v) is 16.7. The van der Waals surface area contributed by atoms with E-state index in [4.69, 9.17) is 5.26 Å². The summed E-state index contributed by atoms with van der Waals surface area (Å²) in [6, 6.07) is 19.9. The maximum atomic E-state index is 12.7. The van der Waals surface area contributed by atoms with Crippen LogP contribution in [0.4, 0.5) is 0 Å². The summed E-state index contributed by atoms with van der Waals surface area (Å²) in [4.78, 5) is 4.43. The molecule has 7 nitrogen and oxygen atoms in total. The number of aryl methyl sites for hydroxylation is 1. The zero-order valence-electron chi connectivity index (χ0n) is 15.9.